The number of halogens is 1. The topological polar surface area (TPSA) is 47.4 Å². The van der Waals surface area contributed by atoms with Gasteiger partial charge in [-0.25, -0.2) is 0 Å². The van der Waals surface area contributed by atoms with Gasteiger partial charge in [0.15, 0.2) is 0 Å². The van der Waals surface area contributed by atoms with E-state index in [2.05, 4.69) is 43.0 Å². The van der Waals surface area contributed by atoms with Crippen molar-refractivity contribution in [1.29, 1.82) is 5.41 Å². The van der Waals surface area contributed by atoms with E-state index in [4.69, 9.17) is 5.41 Å². The van der Waals surface area contributed by atoms with E-state index in [1.165, 1.54) is 6.08 Å². The number of amidine groups is 1. The molecule has 0 bridgehead atoms. The van der Waals surface area contributed by atoms with E-state index in [1.807, 2.05) is 4.90 Å². The van der Waals surface area contributed by atoms with Gasteiger partial charge in [-0.1, -0.05) is 29.2 Å². The van der Waals surface area contributed by atoms with Crippen LogP contribution in [0.5, 0.6) is 0 Å². The average molecular weight is 321 g/mol. The zero-order valence-electron chi connectivity index (χ0n) is 9.09. The number of hydrogen-bond acceptors (Lipinski definition) is 2. The van der Waals surface area contributed by atoms with Crippen molar-refractivity contribution in [2.75, 3.05) is 19.6 Å². The highest BCUT2D eigenvalue weighted by Gasteiger charge is 2.31. The summed E-state index contributed by atoms with van der Waals surface area (Å²) >= 11 is 2.31. The molecular formula is C10H16IN3O. The van der Waals surface area contributed by atoms with Gasteiger partial charge in [-0.05, 0) is 19.9 Å². The second kappa shape index (κ2) is 4.51. The van der Waals surface area contributed by atoms with Gasteiger partial charge < -0.3 is 9.80 Å². The predicted octanol–water partition coefficient (Wildman–Crippen LogP) is 1.46. The van der Waals surface area contributed by atoms with Gasteiger partial charge in [0.05, 0.1) is 10.1 Å². The highest BCUT2D eigenvalue weighted by Crippen LogP contribution is 2.24. The van der Waals surface area contributed by atoms with Crippen molar-refractivity contribution in [1.82, 2.24) is 9.80 Å². The molecule has 0 radical (unpaired) electrons. The Bertz CT molecular complexity index is 296. The SMILES string of the molecule is C=CC(=O)N1CCN(C(C)(C)I)C(=N)C1. The number of rotatable bonds is 2. The molecule has 4 nitrogen and oxygen atoms in total. The van der Waals surface area contributed by atoms with Gasteiger partial charge in [-0.15, -0.1) is 0 Å². The lowest BCUT2D eigenvalue weighted by atomic mass is 10.2. The molecule has 1 N–H and O–H groups in total. The number of alkyl halides is 1. The van der Waals surface area contributed by atoms with Crippen LogP contribution >= 0.6 is 22.6 Å². The van der Waals surface area contributed by atoms with Gasteiger partial charge in [0.1, 0.15) is 5.84 Å². The number of amides is 1. The standard InChI is InChI=1S/C10H16IN3O/c1-4-9(15)13-5-6-14(8(12)7-13)10(2,3)11/h4,12H,1,5-7H2,2-3H3. The van der Waals surface area contributed by atoms with Crippen LogP contribution in [-0.4, -0.2) is 44.7 Å². The molecule has 0 aromatic heterocycles. The maximum absolute atomic E-state index is 11.4. The lowest BCUT2D eigenvalue weighted by Crippen LogP contribution is -2.56. The molecule has 0 aliphatic carbocycles. The summed E-state index contributed by atoms with van der Waals surface area (Å²) in [5.41, 5.74) is 0. The molecule has 1 aliphatic heterocycles. The second-order valence-electron chi connectivity index (χ2n) is 3.97. The minimum atomic E-state index is -0.0920. The van der Waals surface area contributed by atoms with Gasteiger partial charge >= 0.3 is 0 Å². The van der Waals surface area contributed by atoms with Crippen molar-refractivity contribution < 1.29 is 4.79 Å². The molecule has 0 aromatic carbocycles. The maximum atomic E-state index is 11.4. The Kier molecular flexibility index (Phi) is 3.75. The lowest BCUT2D eigenvalue weighted by Gasteiger charge is -2.42. The van der Waals surface area contributed by atoms with Crippen LogP contribution in [0.2, 0.25) is 0 Å². The third kappa shape index (κ3) is 2.93. The van der Waals surface area contributed by atoms with Crippen molar-refractivity contribution in [3.8, 4) is 0 Å². The lowest BCUT2D eigenvalue weighted by molar-refractivity contribution is -0.126. The monoisotopic (exact) mass is 321 g/mol. The largest absolute Gasteiger partial charge is 0.343 e. The first-order chi connectivity index (χ1) is 6.86. The van der Waals surface area contributed by atoms with E-state index in [9.17, 15) is 4.79 Å². The van der Waals surface area contributed by atoms with E-state index < -0.39 is 0 Å². The molecule has 0 atom stereocenters. The predicted molar refractivity (Wildman–Crippen MR) is 69.3 cm³/mol. The van der Waals surface area contributed by atoms with Crippen molar-refractivity contribution in [2.24, 2.45) is 0 Å². The minimum absolute atomic E-state index is 0.0713. The summed E-state index contributed by atoms with van der Waals surface area (Å²) in [6, 6.07) is 0. The summed E-state index contributed by atoms with van der Waals surface area (Å²) in [5, 5.41) is 7.89. The molecule has 1 fully saturated rings. The van der Waals surface area contributed by atoms with E-state index >= 15 is 0 Å². The fraction of sp³-hybridized carbons (Fsp3) is 0.600. The van der Waals surface area contributed by atoms with Crippen LogP contribution < -0.4 is 0 Å². The van der Waals surface area contributed by atoms with Gasteiger partial charge in [0.25, 0.3) is 0 Å². The Morgan fingerprint density at radius 2 is 2.20 bits per heavy atom. The Balaban J connectivity index is 2.67. The van der Waals surface area contributed by atoms with Crippen LogP contribution in [0.4, 0.5) is 0 Å². The van der Waals surface area contributed by atoms with Crippen LogP contribution in [0.1, 0.15) is 13.8 Å². The molecule has 0 saturated carbocycles. The Morgan fingerprint density at radius 3 is 2.60 bits per heavy atom. The third-order valence-corrected chi connectivity index (χ3v) is 2.97. The fourth-order valence-corrected chi connectivity index (χ4v) is 2.14. The molecule has 1 aliphatic rings. The van der Waals surface area contributed by atoms with Gasteiger partial charge in [0, 0.05) is 13.1 Å². The van der Waals surface area contributed by atoms with Gasteiger partial charge in [0.2, 0.25) is 5.91 Å². The van der Waals surface area contributed by atoms with Gasteiger partial charge in [-0.3, -0.25) is 10.2 Å². The Hall–Kier alpha value is -0.590. The Labute approximate surface area is 104 Å². The van der Waals surface area contributed by atoms with E-state index in [1.54, 1.807) is 4.90 Å². The highest BCUT2D eigenvalue weighted by atomic mass is 127. The van der Waals surface area contributed by atoms with Crippen LogP contribution in [-0.2, 0) is 4.79 Å². The quantitative estimate of drug-likeness (QED) is 0.362. The molecule has 15 heavy (non-hydrogen) atoms. The normalized spacial score (nSPS) is 17.9. The first-order valence-electron chi connectivity index (χ1n) is 4.81. The fourth-order valence-electron chi connectivity index (χ4n) is 1.60. The molecule has 1 rings (SSSR count). The molecule has 0 spiro atoms. The number of nitrogens with zero attached hydrogens (tertiary/aromatic N) is 2. The summed E-state index contributed by atoms with van der Waals surface area (Å²) in [6.45, 7) is 9.35. The molecule has 0 aromatic rings. The zero-order valence-corrected chi connectivity index (χ0v) is 11.2. The van der Waals surface area contributed by atoms with Crippen molar-refractivity contribution >= 4 is 34.3 Å². The average Bonchev–Trinajstić information content (AvgIpc) is 2.14. The van der Waals surface area contributed by atoms with Crippen LogP contribution in [0.25, 0.3) is 0 Å². The number of hydrogen-bond donors (Lipinski definition) is 1. The van der Waals surface area contributed by atoms with Crippen molar-refractivity contribution in [3.63, 3.8) is 0 Å². The molecule has 0 unspecified atom stereocenters. The second-order valence-corrected chi connectivity index (χ2v) is 6.61. The number of carbonyl (C=O) groups is 1. The van der Waals surface area contributed by atoms with Crippen LogP contribution in [0.3, 0.4) is 0 Å². The maximum Gasteiger partial charge on any atom is 0.246 e. The molecule has 5 heteroatoms. The first kappa shape index (κ1) is 12.5. The first-order valence-corrected chi connectivity index (χ1v) is 5.89. The minimum Gasteiger partial charge on any atom is -0.343 e. The van der Waals surface area contributed by atoms with E-state index in [0.717, 1.165) is 0 Å². The number of piperazine rings is 1. The smallest absolute Gasteiger partial charge is 0.246 e. The molecule has 1 heterocycles. The summed E-state index contributed by atoms with van der Waals surface area (Å²) in [7, 11) is 0. The van der Waals surface area contributed by atoms with Crippen molar-refractivity contribution in [2.45, 2.75) is 17.4 Å². The molecule has 1 saturated heterocycles. The molecule has 84 valence electrons. The zero-order chi connectivity index (χ0) is 11.6. The van der Waals surface area contributed by atoms with Crippen molar-refractivity contribution in [3.05, 3.63) is 12.7 Å². The summed E-state index contributed by atoms with van der Waals surface area (Å²) in [6.07, 6.45) is 1.30. The van der Waals surface area contributed by atoms with Crippen LogP contribution in [0.15, 0.2) is 12.7 Å². The number of carbonyl (C=O) groups excluding carboxylic acids is 1. The van der Waals surface area contributed by atoms with Crippen LogP contribution in [0, 0.1) is 5.41 Å². The summed E-state index contributed by atoms with van der Waals surface area (Å²) < 4.78 is -0.0713. The third-order valence-electron chi connectivity index (χ3n) is 2.39. The number of nitrogens with one attached hydrogen (secondary N) is 1. The highest BCUT2D eigenvalue weighted by molar-refractivity contribution is 14.1. The summed E-state index contributed by atoms with van der Waals surface area (Å²) in [4.78, 5) is 15.0. The van der Waals surface area contributed by atoms with E-state index in [-0.39, 0.29) is 9.45 Å². The van der Waals surface area contributed by atoms with Gasteiger partial charge in [-0.2, -0.15) is 0 Å². The van der Waals surface area contributed by atoms with E-state index in [0.29, 0.717) is 25.5 Å². The Morgan fingerprint density at radius 1 is 1.60 bits per heavy atom. The molecule has 1 amide bonds. The molecular weight excluding hydrogens is 305 g/mol. The summed E-state index contributed by atoms with van der Waals surface area (Å²) in [5.74, 6) is 0.404.